The van der Waals surface area contributed by atoms with E-state index in [1.807, 2.05) is 0 Å². The maximum atomic E-state index is 15.1. The molecule has 3 N–H and O–H groups in total. The Hall–Kier alpha value is -0.845. The number of nitrogens with zero attached hydrogens (tertiary/aromatic N) is 4. The number of fused-ring (bicyclic) bond motifs is 8. The molecule has 2 unspecified atom stereocenters. The molecule has 10 saturated carbocycles. The quantitative estimate of drug-likeness (QED) is 0.111. The van der Waals surface area contributed by atoms with E-state index in [2.05, 4.69) is 117 Å². The summed E-state index contributed by atoms with van der Waals surface area (Å²) < 4.78 is 51.7. The van der Waals surface area contributed by atoms with E-state index in [1.165, 1.54) is 58.8 Å². The molecule has 4 spiro atoms. The molecule has 27 atom stereocenters. The van der Waals surface area contributed by atoms with Crippen LogP contribution in [0, 0.1) is 101 Å². The zero-order chi connectivity index (χ0) is 73.4. The number of ether oxygens (including phenoxy) is 8. The number of morpholine rings is 2. The molecule has 583 valence electrons. The van der Waals surface area contributed by atoms with Gasteiger partial charge in [0.1, 0.15) is 6.10 Å². The van der Waals surface area contributed by atoms with Gasteiger partial charge in [0.25, 0.3) is 0 Å². The third-order valence-electron chi connectivity index (χ3n) is 35.0. The van der Waals surface area contributed by atoms with Crippen molar-refractivity contribution in [2.24, 2.45) is 101 Å². The number of carbonyl (C=O) groups excluding carboxylic acids is 3. The number of Topliss-reactive ketones (excluding diaryl/α,β-unsaturated/α-hetero) is 1. The largest absolute Gasteiger partial charge is 1.00 e. The summed E-state index contributed by atoms with van der Waals surface area (Å²) in [5.74, 6) is 2.24. The summed E-state index contributed by atoms with van der Waals surface area (Å²) in [7, 11) is 0. The first kappa shape index (κ1) is 81.2. The van der Waals surface area contributed by atoms with Gasteiger partial charge in [-0.3, -0.25) is 34.0 Å². The van der Waals surface area contributed by atoms with E-state index < -0.39 is 65.2 Å². The van der Waals surface area contributed by atoms with Crippen molar-refractivity contribution < 1.29 is 98.6 Å². The zero-order valence-corrected chi connectivity index (χ0v) is 70.4. The number of ketones is 1. The van der Waals surface area contributed by atoms with E-state index in [1.54, 1.807) is 27.7 Å². The summed E-state index contributed by atoms with van der Waals surface area (Å²) in [5.41, 5.74) is -2.31. The third-order valence-corrected chi connectivity index (χ3v) is 35.0. The zero-order valence-electron chi connectivity index (χ0n) is 69.4. The monoisotopic (exact) mass is 1460 g/mol. The Morgan fingerprint density at radius 3 is 1.40 bits per heavy atom. The number of hydrogen-bond acceptors (Lipinski definition) is 18. The number of esters is 2. The summed E-state index contributed by atoms with van der Waals surface area (Å²) in [6, 6.07) is 2.46. The molecule has 16 aliphatic rings. The van der Waals surface area contributed by atoms with E-state index in [0.29, 0.717) is 66.1 Å². The smallest absolute Gasteiger partial charge is 1.00 e. The van der Waals surface area contributed by atoms with Gasteiger partial charge >= 0.3 is 41.5 Å². The van der Waals surface area contributed by atoms with E-state index in [0.717, 1.165) is 111 Å². The average Bonchev–Trinajstić information content (AvgIpc) is 1.46. The van der Waals surface area contributed by atoms with Crippen LogP contribution in [0.3, 0.4) is 0 Å². The fourth-order valence-electron chi connectivity index (χ4n) is 29.7. The van der Waals surface area contributed by atoms with Gasteiger partial charge in [-0.2, -0.15) is 0 Å². The SMILES string of the molecule is CC(=O)O[C@@H]([C@H]1C[C@@H](C)[C@H]2[C@H](O1)C(=O)[C@@]1(C)[C@@H]3CC[C@H]4C(C)(C)[C@@H](O[C@H]5CN(C6CN(C(C)C)C6)CCO5)CCC45C[C@@]35CC[C@]21C)C(C)(C)O.CC(=O)O[C@@H]([C@H]1C[C@@H](C)[C@H]2[C@H](O1)[C@H](O)[C@@]1(C)[C@@H]3CC[C@H]4C(C)(C)[C@@H](O[C@H]5CN(C6CN(C(C)C)C6)CCO5)CCC45C[C@@]35CC[C@]21C)C(C)(C)O.[B].[H-].[Na+]. The van der Waals surface area contributed by atoms with Crippen LogP contribution in [-0.4, -0.2) is 230 Å². The summed E-state index contributed by atoms with van der Waals surface area (Å²) in [4.78, 5) is 49.6. The van der Waals surface area contributed by atoms with Crippen LogP contribution in [0.5, 0.6) is 0 Å². The maximum absolute atomic E-state index is 15.1. The van der Waals surface area contributed by atoms with E-state index in [9.17, 15) is 24.9 Å². The predicted octanol–water partition coefficient (Wildman–Crippen LogP) is 8.22. The summed E-state index contributed by atoms with van der Waals surface area (Å²) in [6.45, 7) is 52.6. The normalized spacial score (nSPS) is 48.6. The minimum atomic E-state index is -1.28. The number of aliphatic hydroxyl groups is 3. The van der Waals surface area contributed by atoms with Gasteiger partial charge in [0, 0.05) is 116 Å². The van der Waals surface area contributed by atoms with Crippen LogP contribution in [0.4, 0.5) is 0 Å². The molecule has 104 heavy (non-hydrogen) atoms. The van der Waals surface area contributed by atoms with Crippen molar-refractivity contribution in [2.75, 3.05) is 65.6 Å². The van der Waals surface area contributed by atoms with Gasteiger partial charge in [-0.25, -0.2) is 0 Å². The molecule has 0 amide bonds. The molecule has 0 bridgehead atoms. The molecule has 0 aromatic heterocycles. The van der Waals surface area contributed by atoms with Crippen LogP contribution in [0.15, 0.2) is 0 Å². The van der Waals surface area contributed by atoms with Crippen LogP contribution in [0.2, 0.25) is 0 Å². The molecule has 16 fully saturated rings. The van der Waals surface area contributed by atoms with E-state index in [4.69, 9.17) is 37.9 Å². The molecular formula is C84H139BN4NaO14. The van der Waals surface area contributed by atoms with Crippen molar-refractivity contribution in [3.8, 4) is 0 Å². The summed E-state index contributed by atoms with van der Waals surface area (Å²) >= 11 is 0. The van der Waals surface area contributed by atoms with Gasteiger partial charge in [0.15, 0.2) is 30.6 Å². The van der Waals surface area contributed by atoms with Crippen LogP contribution in [0.1, 0.15) is 243 Å². The Morgan fingerprint density at radius 2 is 0.962 bits per heavy atom. The third kappa shape index (κ3) is 12.0. The Labute approximate surface area is 651 Å². The first-order valence-electron chi connectivity index (χ1n) is 41.4. The summed E-state index contributed by atoms with van der Waals surface area (Å²) in [6.07, 6.45) is 13.6. The number of carbonyl (C=O) groups is 3. The molecule has 6 saturated heterocycles. The minimum Gasteiger partial charge on any atom is -1.00 e. The molecule has 6 aliphatic heterocycles. The second-order valence-electron chi connectivity index (χ2n) is 41.5. The van der Waals surface area contributed by atoms with Crippen LogP contribution < -0.4 is 29.6 Å². The van der Waals surface area contributed by atoms with Gasteiger partial charge < -0.3 is 54.6 Å². The van der Waals surface area contributed by atoms with Crippen molar-refractivity contribution in [3.63, 3.8) is 0 Å². The first-order valence-corrected chi connectivity index (χ1v) is 41.4. The topological polar surface area (TPSA) is 199 Å². The predicted molar refractivity (Wildman–Crippen MR) is 395 cm³/mol. The summed E-state index contributed by atoms with van der Waals surface area (Å²) in [5, 5.41) is 34.7. The average molecular weight is 1460 g/mol. The molecule has 18 nitrogen and oxygen atoms in total. The van der Waals surface area contributed by atoms with E-state index in [-0.39, 0.29) is 143 Å². The van der Waals surface area contributed by atoms with Gasteiger partial charge in [0.2, 0.25) is 0 Å². The number of rotatable bonds is 14. The maximum Gasteiger partial charge on any atom is 1.00 e. The molecule has 0 aromatic carbocycles. The van der Waals surface area contributed by atoms with Gasteiger partial charge in [-0.1, -0.05) is 69.2 Å². The molecule has 3 radical (unpaired) electrons. The van der Waals surface area contributed by atoms with Gasteiger partial charge in [0.05, 0.1) is 61.0 Å². The Balaban J connectivity index is 0.000000192. The van der Waals surface area contributed by atoms with Gasteiger partial charge in [-0.15, -0.1) is 0 Å². The van der Waals surface area contributed by atoms with Crippen LogP contribution in [-0.2, 0) is 52.3 Å². The molecule has 0 aromatic rings. The molecule has 6 heterocycles. The Kier molecular flexibility index (Phi) is 21.4. The molecule has 20 heteroatoms. The van der Waals surface area contributed by atoms with E-state index >= 15 is 4.79 Å². The van der Waals surface area contributed by atoms with Crippen molar-refractivity contribution in [2.45, 2.75) is 344 Å². The minimum absolute atomic E-state index is 0. The van der Waals surface area contributed by atoms with Crippen LogP contribution >= 0.6 is 0 Å². The number of hydrogen-bond donors (Lipinski definition) is 3. The van der Waals surface area contributed by atoms with Crippen LogP contribution in [0.25, 0.3) is 0 Å². The standard InChI is InChI=1S/C42H70N2O7.C42H68N2O7.B.Na.H/c2*1-24(2)44-20-27(21-44)43-17-18-48-32(22-43)51-31-13-14-41-23-42(41)16-15-39(9)33-25(3)19-28(36(38(7,8)47)49-26(4)45)50-34(33)35(46)40(39,10)30(42)12-11-29(41)37(31,5)6;;;/h24-25,27-36,46-47H,11-23H2,1-10H3;24-25,27-34,36,47H,11-23H2,1-10H3;;;/q;;;+1;-1/t25-,28-,29+,30+,31+,32+,33+,34+,35+,36+,39-,40-,41?,42+;25-,28-,29+,30+,31+,32+,33+,34+,36+,39-,40-,41?,42+;;;/m11.../s1. The Morgan fingerprint density at radius 1 is 0.558 bits per heavy atom. The number of likely N-dealkylation sites (tertiary alicyclic amines) is 2. The van der Waals surface area contributed by atoms with Crippen molar-refractivity contribution in [1.82, 2.24) is 19.6 Å². The van der Waals surface area contributed by atoms with Gasteiger partial charge in [-0.05, 0) is 243 Å². The fraction of sp³-hybridized carbons (Fsp3) is 0.964. The number of aliphatic hydroxyl groups excluding tert-OH is 1. The second kappa shape index (κ2) is 27.4. The molecule has 10 aliphatic carbocycles. The van der Waals surface area contributed by atoms with Crippen molar-refractivity contribution >= 4 is 26.1 Å². The molecular weight excluding hydrogens is 1320 g/mol. The fourth-order valence-corrected chi connectivity index (χ4v) is 29.7. The Bertz CT molecular complexity index is 3200. The van der Waals surface area contributed by atoms with Crippen molar-refractivity contribution in [1.29, 1.82) is 0 Å². The molecule has 16 rings (SSSR count). The second-order valence-corrected chi connectivity index (χ2v) is 41.5. The first-order chi connectivity index (χ1) is 47.6. The van der Waals surface area contributed by atoms with Crippen molar-refractivity contribution in [3.05, 3.63) is 0 Å².